The minimum atomic E-state index is -0.763. The number of amides is 1. The van der Waals surface area contributed by atoms with Crippen molar-refractivity contribution in [2.24, 2.45) is 0 Å². The highest BCUT2D eigenvalue weighted by Gasteiger charge is 2.15. The zero-order valence-electron chi connectivity index (χ0n) is 14.4. The lowest BCUT2D eigenvalue weighted by atomic mass is 10.1. The van der Waals surface area contributed by atoms with E-state index in [9.17, 15) is 9.90 Å². The maximum absolute atomic E-state index is 12.1. The molecule has 128 valence electrons. The maximum Gasteiger partial charge on any atom is 0.223 e. The van der Waals surface area contributed by atoms with E-state index < -0.39 is 6.10 Å². The van der Waals surface area contributed by atoms with Gasteiger partial charge in [-0.1, -0.05) is 60.7 Å². The molecule has 4 nitrogen and oxygen atoms in total. The Bertz CT molecular complexity index is 616. The normalized spacial score (nSPS) is 13.5. The molecule has 0 aliphatic heterocycles. The van der Waals surface area contributed by atoms with Crippen molar-refractivity contribution in [2.45, 2.75) is 32.0 Å². The first kappa shape index (κ1) is 18.2. The second-order valence-corrected chi connectivity index (χ2v) is 6.28. The standard InChI is InChI=1S/C20H26N2O2/c1-16(14-22(2)15-17-9-5-3-6-10-17)21-20(24)13-19(23)18-11-7-4-8-12-18/h3-12,16,19,23H,13-15H2,1-2H3,(H,21,24). The van der Waals surface area contributed by atoms with E-state index in [0.29, 0.717) is 0 Å². The van der Waals surface area contributed by atoms with Crippen LogP contribution in [0.2, 0.25) is 0 Å². The monoisotopic (exact) mass is 326 g/mol. The van der Waals surface area contributed by atoms with E-state index >= 15 is 0 Å². The number of rotatable bonds is 8. The lowest BCUT2D eigenvalue weighted by Crippen LogP contribution is -2.40. The Morgan fingerprint density at radius 1 is 1.08 bits per heavy atom. The molecule has 2 unspecified atom stereocenters. The second-order valence-electron chi connectivity index (χ2n) is 6.28. The van der Waals surface area contributed by atoms with E-state index in [4.69, 9.17) is 0 Å². The van der Waals surface area contributed by atoms with Gasteiger partial charge < -0.3 is 15.3 Å². The molecule has 0 heterocycles. The molecule has 0 saturated heterocycles. The lowest BCUT2D eigenvalue weighted by molar-refractivity contribution is -0.123. The van der Waals surface area contributed by atoms with E-state index in [-0.39, 0.29) is 18.4 Å². The zero-order chi connectivity index (χ0) is 17.4. The highest BCUT2D eigenvalue weighted by molar-refractivity contribution is 5.76. The Kier molecular flexibility index (Phi) is 6.97. The summed E-state index contributed by atoms with van der Waals surface area (Å²) in [6.45, 7) is 3.57. The molecular weight excluding hydrogens is 300 g/mol. The fourth-order valence-electron chi connectivity index (χ4n) is 2.78. The molecule has 0 saturated carbocycles. The van der Waals surface area contributed by atoms with Crippen LogP contribution in [0.4, 0.5) is 0 Å². The van der Waals surface area contributed by atoms with Gasteiger partial charge in [0.25, 0.3) is 0 Å². The van der Waals surface area contributed by atoms with Crippen molar-refractivity contribution in [1.29, 1.82) is 0 Å². The summed E-state index contributed by atoms with van der Waals surface area (Å²) in [7, 11) is 2.04. The average Bonchev–Trinajstić information content (AvgIpc) is 2.56. The van der Waals surface area contributed by atoms with Crippen LogP contribution in [0.1, 0.15) is 30.6 Å². The number of nitrogens with zero attached hydrogens (tertiary/aromatic N) is 1. The summed E-state index contributed by atoms with van der Waals surface area (Å²) in [4.78, 5) is 14.3. The van der Waals surface area contributed by atoms with E-state index in [1.165, 1.54) is 5.56 Å². The Labute approximate surface area is 144 Å². The van der Waals surface area contributed by atoms with Gasteiger partial charge in [0.05, 0.1) is 12.5 Å². The van der Waals surface area contributed by atoms with Crippen LogP contribution in [0.15, 0.2) is 60.7 Å². The van der Waals surface area contributed by atoms with Crippen molar-refractivity contribution in [2.75, 3.05) is 13.6 Å². The van der Waals surface area contributed by atoms with Crippen molar-refractivity contribution in [1.82, 2.24) is 10.2 Å². The van der Waals surface area contributed by atoms with Crippen LogP contribution in [-0.4, -0.2) is 35.5 Å². The van der Waals surface area contributed by atoms with Gasteiger partial charge in [0.2, 0.25) is 5.91 Å². The van der Waals surface area contributed by atoms with Crippen LogP contribution in [0.3, 0.4) is 0 Å². The van der Waals surface area contributed by atoms with Gasteiger partial charge in [0.15, 0.2) is 0 Å². The predicted octanol–water partition coefficient (Wildman–Crippen LogP) is 2.75. The van der Waals surface area contributed by atoms with Crippen molar-refractivity contribution >= 4 is 5.91 Å². The van der Waals surface area contributed by atoms with Crippen LogP contribution in [0.5, 0.6) is 0 Å². The molecule has 2 aromatic carbocycles. The number of carbonyl (C=O) groups excluding carboxylic acids is 1. The molecule has 0 aliphatic rings. The largest absolute Gasteiger partial charge is 0.388 e. The minimum absolute atomic E-state index is 0.0224. The molecule has 2 rings (SSSR count). The Morgan fingerprint density at radius 3 is 2.29 bits per heavy atom. The molecule has 2 N–H and O–H groups in total. The number of benzene rings is 2. The second kappa shape index (κ2) is 9.21. The van der Waals surface area contributed by atoms with Crippen LogP contribution in [0, 0.1) is 0 Å². The molecule has 0 fully saturated rings. The number of aliphatic hydroxyl groups is 1. The highest BCUT2D eigenvalue weighted by atomic mass is 16.3. The third kappa shape index (κ3) is 6.14. The molecule has 0 aromatic heterocycles. The minimum Gasteiger partial charge on any atom is -0.388 e. The van der Waals surface area contributed by atoms with Crippen molar-refractivity contribution in [3.63, 3.8) is 0 Å². The summed E-state index contributed by atoms with van der Waals surface area (Å²) in [6.07, 6.45) is -0.683. The van der Waals surface area contributed by atoms with Crippen LogP contribution >= 0.6 is 0 Å². The maximum atomic E-state index is 12.1. The summed E-state index contributed by atoms with van der Waals surface area (Å²) in [5.74, 6) is -0.132. The molecular formula is C20H26N2O2. The van der Waals surface area contributed by atoms with Gasteiger partial charge in [-0.2, -0.15) is 0 Å². The molecule has 2 atom stereocenters. The summed E-state index contributed by atoms with van der Waals surface area (Å²) >= 11 is 0. The molecule has 0 bridgehead atoms. The molecule has 2 aromatic rings. The SMILES string of the molecule is CC(CN(C)Cc1ccccc1)NC(=O)CC(O)c1ccccc1. The summed E-state index contributed by atoms with van der Waals surface area (Å²) in [5, 5.41) is 13.1. The van der Waals surface area contributed by atoms with E-state index in [1.807, 2.05) is 62.5 Å². The smallest absolute Gasteiger partial charge is 0.223 e. The fraction of sp³-hybridized carbons (Fsp3) is 0.350. The van der Waals surface area contributed by atoms with E-state index in [2.05, 4.69) is 22.3 Å². The van der Waals surface area contributed by atoms with Gasteiger partial charge in [0, 0.05) is 19.1 Å². The molecule has 0 aliphatic carbocycles. The lowest BCUT2D eigenvalue weighted by Gasteiger charge is -2.22. The average molecular weight is 326 g/mol. The van der Waals surface area contributed by atoms with Gasteiger partial charge in [0.1, 0.15) is 0 Å². The van der Waals surface area contributed by atoms with Gasteiger partial charge >= 0.3 is 0 Å². The van der Waals surface area contributed by atoms with Crippen LogP contribution in [-0.2, 0) is 11.3 Å². The van der Waals surface area contributed by atoms with Crippen molar-refractivity contribution in [3.8, 4) is 0 Å². The van der Waals surface area contributed by atoms with Crippen molar-refractivity contribution < 1.29 is 9.90 Å². The number of hydrogen-bond acceptors (Lipinski definition) is 3. The number of aliphatic hydroxyl groups excluding tert-OH is 1. The first-order chi connectivity index (χ1) is 11.5. The summed E-state index contributed by atoms with van der Waals surface area (Å²) in [5.41, 5.74) is 2.01. The van der Waals surface area contributed by atoms with Crippen molar-refractivity contribution in [3.05, 3.63) is 71.8 Å². The Morgan fingerprint density at radius 2 is 1.67 bits per heavy atom. The quantitative estimate of drug-likeness (QED) is 0.784. The van der Waals surface area contributed by atoms with Gasteiger partial charge in [-0.3, -0.25) is 4.79 Å². The number of carbonyl (C=O) groups is 1. The predicted molar refractivity (Wildman–Crippen MR) is 96.4 cm³/mol. The number of likely N-dealkylation sites (N-methyl/N-ethyl adjacent to an activating group) is 1. The van der Waals surface area contributed by atoms with Crippen LogP contribution in [0.25, 0.3) is 0 Å². The first-order valence-corrected chi connectivity index (χ1v) is 8.29. The van der Waals surface area contributed by atoms with Gasteiger partial charge in [-0.25, -0.2) is 0 Å². The fourth-order valence-corrected chi connectivity index (χ4v) is 2.78. The molecule has 24 heavy (non-hydrogen) atoms. The Hall–Kier alpha value is -2.17. The number of hydrogen-bond donors (Lipinski definition) is 2. The topological polar surface area (TPSA) is 52.6 Å². The first-order valence-electron chi connectivity index (χ1n) is 8.29. The third-order valence-electron chi connectivity index (χ3n) is 3.85. The summed E-state index contributed by atoms with van der Waals surface area (Å²) in [6, 6.07) is 19.5. The molecule has 0 spiro atoms. The molecule has 1 amide bonds. The van der Waals surface area contributed by atoms with Crippen LogP contribution < -0.4 is 5.32 Å². The third-order valence-corrected chi connectivity index (χ3v) is 3.85. The number of nitrogens with one attached hydrogen (secondary N) is 1. The highest BCUT2D eigenvalue weighted by Crippen LogP contribution is 2.15. The molecule has 0 radical (unpaired) electrons. The van der Waals surface area contributed by atoms with Gasteiger partial charge in [-0.05, 0) is 25.1 Å². The van der Waals surface area contributed by atoms with E-state index in [1.54, 1.807) is 0 Å². The summed E-state index contributed by atoms with van der Waals surface area (Å²) < 4.78 is 0. The Balaban J connectivity index is 1.75. The zero-order valence-corrected chi connectivity index (χ0v) is 14.4. The van der Waals surface area contributed by atoms with Gasteiger partial charge in [-0.15, -0.1) is 0 Å². The van der Waals surface area contributed by atoms with E-state index in [0.717, 1.165) is 18.7 Å². The molecule has 4 heteroatoms.